The van der Waals surface area contributed by atoms with Crippen LogP contribution in [0.15, 0.2) is 22.2 Å². The molecule has 1 heterocycles. The predicted molar refractivity (Wildman–Crippen MR) is 57.9 cm³/mol. The van der Waals surface area contributed by atoms with Crippen LogP contribution in [0.1, 0.15) is 20.8 Å². The molecule has 0 aliphatic carbocycles. The summed E-state index contributed by atoms with van der Waals surface area (Å²) >= 11 is 0. The number of nitrogens with zero attached hydrogens (tertiary/aromatic N) is 4. The Morgan fingerprint density at radius 1 is 1.53 bits per heavy atom. The number of nitrogens with one attached hydrogen (secondary N) is 1. The average Bonchev–Trinajstić information content (AvgIpc) is 2.19. The lowest BCUT2D eigenvalue weighted by molar-refractivity contribution is 0.132. The Morgan fingerprint density at radius 3 is 2.80 bits per heavy atom. The quantitative estimate of drug-likeness (QED) is 0.440. The lowest BCUT2D eigenvalue weighted by Crippen LogP contribution is -2.22. The largest absolute Gasteiger partial charge is 0.410 e. The van der Waals surface area contributed by atoms with E-state index in [4.69, 9.17) is 0 Å². The first-order chi connectivity index (χ1) is 7.13. The van der Waals surface area contributed by atoms with E-state index in [-0.39, 0.29) is 0 Å². The molecule has 0 spiro atoms. The van der Waals surface area contributed by atoms with E-state index in [1.807, 2.05) is 20.8 Å². The maximum atomic E-state index is 9.41. The van der Waals surface area contributed by atoms with Gasteiger partial charge in [0.15, 0.2) is 11.3 Å². The van der Waals surface area contributed by atoms with Crippen molar-refractivity contribution in [3.05, 3.63) is 17.6 Å². The van der Waals surface area contributed by atoms with Crippen LogP contribution in [-0.4, -0.2) is 27.4 Å². The summed E-state index contributed by atoms with van der Waals surface area (Å²) in [6.45, 7) is 6.21. The molecule has 1 aromatic heterocycles. The predicted octanol–water partition coefficient (Wildman–Crippen LogP) is 0.849. The lowest BCUT2D eigenvalue weighted by Gasteiger charge is -2.01. The van der Waals surface area contributed by atoms with E-state index in [0.717, 1.165) is 10.6 Å². The van der Waals surface area contributed by atoms with Crippen LogP contribution in [0.25, 0.3) is 0 Å². The number of hydrogen-bond acceptors (Lipinski definition) is 5. The molecule has 0 aliphatic heterocycles. The van der Waals surface area contributed by atoms with Crippen molar-refractivity contribution in [1.82, 2.24) is 9.94 Å². The SMILES string of the molecule is CCN=c1ccc(NN=C(C)C)nn1O. The molecule has 0 saturated heterocycles. The fourth-order valence-corrected chi connectivity index (χ4v) is 0.913. The van der Waals surface area contributed by atoms with Crippen molar-refractivity contribution in [2.45, 2.75) is 20.8 Å². The maximum absolute atomic E-state index is 9.41. The highest BCUT2D eigenvalue weighted by molar-refractivity contribution is 5.79. The Hall–Kier alpha value is -1.85. The summed E-state index contributed by atoms with van der Waals surface area (Å²) in [6.07, 6.45) is 0. The van der Waals surface area contributed by atoms with Crippen LogP contribution >= 0.6 is 0 Å². The topological polar surface area (TPSA) is 74.8 Å². The zero-order chi connectivity index (χ0) is 11.3. The highest BCUT2D eigenvalue weighted by atomic mass is 16.5. The molecule has 0 atom stereocenters. The van der Waals surface area contributed by atoms with E-state index in [1.165, 1.54) is 0 Å². The van der Waals surface area contributed by atoms with Crippen LogP contribution < -0.4 is 10.9 Å². The van der Waals surface area contributed by atoms with Gasteiger partial charge in [0.05, 0.1) is 0 Å². The zero-order valence-electron chi connectivity index (χ0n) is 9.10. The monoisotopic (exact) mass is 209 g/mol. The van der Waals surface area contributed by atoms with Gasteiger partial charge in [0.1, 0.15) is 0 Å². The van der Waals surface area contributed by atoms with Gasteiger partial charge in [-0.1, -0.05) is 4.85 Å². The van der Waals surface area contributed by atoms with Gasteiger partial charge in [-0.3, -0.25) is 10.4 Å². The second-order valence-electron chi connectivity index (χ2n) is 3.11. The highest BCUT2D eigenvalue weighted by Gasteiger charge is 1.95. The third-order valence-electron chi connectivity index (χ3n) is 1.51. The third kappa shape index (κ3) is 3.41. The maximum Gasteiger partial charge on any atom is 0.185 e. The molecule has 82 valence electrons. The minimum atomic E-state index is 0.417. The lowest BCUT2D eigenvalue weighted by atomic mass is 10.5. The minimum Gasteiger partial charge on any atom is -0.410 e. The zero-order valence-corrected chi connectivity index (χ0v) is 9.10. The molecular weight excluding hydrogens is 194 g/mol. The summed E-state index contributed by atoms with van der Waals surface area (Å²) in [5.41, 5.74) is 4.00. The van der Waals surface area contributed by atoms with Crippen LogP contribution in [0, 0.1) is 0 Å². The Labute approximate surface area is 87.9 Å². The fraction of sp³-hybridized carbons (Fsp3) is 0.444. The Balaban J connectivity index is 2.92. The van der Waals surface area contributed by atoms with Crippen LogP contribution in [0.2, 0.25) is 0 Å². The smallest absolute Gasteiger partial charge is 0.185 e. The van der Waals surface area contributed by atoms with Crippen molar-refractivity contribution < 1.29 is 5.21 Å². The molecular formula is C9H15N5O. The molecule has 0 aromatic carbocycles. The van der Waals surface area contributed by atoms with Crippen molar-refractivity contribution in [3.63, 3.8) is 0 Å². The third-order valence-corrected chi connectivity index (χ3v) is 1.51. The number of aromatic nitrogens is 2. The molecule has 6 nitrogen and oxygen atoms in total. The Kier molecular flexibility index (Phi) is 3.84. The molecule has 0 unspecified atom stereocenters. The van der Waals surface area contributed by atoms with Crippen molar-refractivity contribution in [2.24, 2.45) is 10.1 Å². The standard InChI is InChI=1S/C9H15N5O/c1-4-10-9-6-5-8(13-14(9)15)12-11-7(2)3/h5-6,15H,4H2,1-3H3,(H,12,13). The van der Waals surface area contributed by atoms with E-state index in [2.05, 4.69) is 20.6 Å². The van der Waals surface area contributed by atoms with Gasteiger partial charge < -0.3 is 5.21 Å². The van der Waals surface area contributed by atoms with Crippen molar-refractivity contribution >= 4 is 11.5 Å². The second-order valence-corrected chi connectivity index (χ2v) is 3.11. The Bertz CT molecular complexity index is 417. The summed E-state index contributed by atoms with van der Waals surface area (Å²) in [5.74, 6) is 0.466. The molecule has 0 bridgehead atoms. The molecule has 0 saturated carbocycles. The fourth-order valence-electron chi connectivity index (χ4n) is 0.913. The summed E-state index contributed by atoms with van der Waals surface area (Å²) in [5, 5.41) is 17.2. The van der Waals surface area contributed by atoms with Gasteiger partial charge in [0.2, 0.25) is 0 Å². The van der Waals surface area contributed by atoms with Crippen LogP contribution in [-0.2, 0) is 0 Å². The molecule has 2 N–H and O–H groups in total. The van der Waals surface area contributed by atoms with Gasteiger partial charge in [0.25, 0.3) is 0 Å². The summed E-state index contributed by atoms with van der Waals surface area (Å²) in [7, 11) is 0. The van der Waals surface area contributed by atoms with Gasteiger partial charge in [-0.2, -0.15) is 5.10 Å². The van der Waals surface area contributed by atoms with E-state index in [1.54, 1.807) is 12.1 Å². The average molecular weight is 209 g/mol. The first kappa shape index (κ1) is 11.2. The van der Waals surface area contributed by atoms with E-state index >= 15 is 0 Å². The summed E-state index contributed by atoms with van der Waals surface area (Å²) < 4.78 is 0. The summed E-state index contributed by atoms with van der Waals surface area (Å²) in [4.78, 5) is 4.76. The molecule has 0 radical (unpaired) electrons. The van der Waals surface area contributed by atoms with Crippen molar-refractivity contribution in [1.29, 1.82) is 0 Å². The van der Waals surface area contributed by atoms with Gasteiger partial charge in [-0.25, -0.2) is 0 Å². The van der Waals surface area contributed by atoms with Gasteiger partial charge >= 0.3 is 0 Å². The van der Waals surface area contributed by atoms with E-state index in [0.29, 0.717) is 17.9 Å². The first-order valence-electron chi connectivity index (χ1n) is 4.70. The van der Waals surface area contributed by atoms with Crippen LogP contribution in [0.4, 0.5) is 5.82 Å². The highest BCUT2D eigenvalue weighted by Crippen LogP contribution is 1.96. The van der Waals surface area contributed by atoms with E-state index < -0.39 is 0 Å². The van der Waals surface area contributed by atoms with E-state index in [9.17, 15) is 5.21 Å². The number of hydrogen-bond donors (Lipinski definition) is 2. The molecule has 15 heavy (non-hydrogen) atoms. The number of rotatable bonds is 3. The Morgan fingerprint density at radius 2 is 2.27 bits per heavy atom. The molecule has 6 heteroatoms. The van der Waals surface area contributed by atoms with Crippen LogP contribution in [0.5, 0.6) is 0 Å². The number of hydrazone groups is 1. The molecule has 0 fully saturated rings. The second kappa shape index (κ2) is 5.14. The molecule has 1 aromatic rings. The normalized spacial score (nSPS) is 11.3. The van der Waals surface area contributed by atoms with Crippen LogP contribution in [0.3, 0.4) is 0 Å². The molecule has 0 aliphatic rings. The molecule has 1 rings (SSSR count). The van der Waals surface area contributed by atoms with Gasteiger partial charge in [-0.15, -0.1) is 5.10 Å². The minimum absolute atomic E-state index is 0.417. The first-order valence-corrected chi connectivity index (χ1v) is 4.70. The number of anilines is 1. The van der Waals surface area contributed by atoms with Gasteiger partial charge in [0, 0.05) is 12.3 Å². The van der Waals surface area contributed by atoms with Gasteiger partial charge in [-0.05, 0) is 32.9 Å². The molecule has 0 amide bonds. The summed E-state index contributed by atoms with van der Waals surface area (Å²) in [6, 6.07) is 3.37. The van der Waals surface area contributed by atoms with Crippen molar-refractivity contribution in [2.75, 3.05) is 12.0 Å². The van der Waals surface area contributed by atoms with Crippen molar-refractivity contribution in [3.8, 4) is 0 Å².